The van der Waals surface area contributed by atoms with Crippen LogP contribution in [0.5, 0.6) is 5.75 Å². The van der Waals surface area contributed by atoms with E-state index in [0.29, 0.717) is 5.69 Å². The van der Waals surface area contributed by atoms with Gasteiger partial charge in [0, 0.05) is 0 Å². The summed E-state index contributed by atoms with van der Waals surface area (Å²) >= 11 is 0. The van der Waals surface area contributed by atoms with Crippen molar-refractivity contribution in [1.82, 2.24) is 15.0 Å². The smallest absolute Gasteiger partial charge is 0.146 e. The van der Waals surface area contributed by atoms with E-state index in [2.05, 4.69) is 88.1 Å². The molecule has 0 aliphatic carbocycles. The number of hydrogen-bond donors (Lipinski definition) is 1. The van der Waals surface area contributed by atoms with Crippen LogP contribution in [-0.2, 0) is 11.8 Å². The van der Waals surface area contributed by atoms with E-state index >= 15 is 0 Å². The average molecular weight is 442 g/mol. The highest BCUT2D eigenvalue weighted by molar-refractivity contribution is 5.73. The van der Waals surface area contributed by atoms with Crippen molar-refractivity contribution >= 4 is 11.0 Å². The van der Waals surface area contributed by atoms with Crippen LogP contribution in [-0.4, -0.2) is 20.1 Å². The highest BCUT2D eigenvalue weighted by Crippen LogP contribution is 2.46. The Kier molecular flexibility index (Phi) is 6.04. The molecule has 0 saturated carbocycles. The molecule has 4 nitrogen and oxygen atoms in total. The molecule has 0 fully saturated rings. The molecule has 1 N–H and O–H groups in total. The standard InChI is InChI=1S/C29H35N3O/c1-7-28(3,4)29(5,6)22-18-23(20(2)17-21-13-9-8-10-14-21)27(33)26(19-22)32-30-24-15-11-12-16-25(24)31-32/h8-16,18-20,33H,7,17H2,1-6H3. The molecule has 0 radical (unpaired) electrons. The third-order valence-corrected chi connectivity index (χ3v) is 7.83. The Balaban J connectivity index is 1.89. The molecule has 1 heterocycles. The van der Waals surface area contributed by atoms with E-state index in [1.165, 1.54) is 11.1 Å². The van der Waals surface area contributed by atoms with Gasteiger partial charge in [0.1, 0.15) is 22.5 Å². The largest absolute Gasteiger partial charge is 0.505 e. The number of aromatic nitrogens is 3. The molecule has 0 bridgehead atoms. The molecule has 1 aromatic heterocycles. The lowest BCUT2D eigenvalue weighted by atomic mass is 9.62. The van der Waals surface area contributed by atoms with Gasteiger partial charge in [-0.15, -0.1) is 15.0 Å². The molecule has 4 aromatic rings. The maximum absolute atomic E-state index is 11.5. The lowest BCUT2D eigenvalue weighted by Gasteiger charge is -2.42. The number of hydrogen-bond acceptors (Lipinski definition) is 3. The Morgan fingerprint density at radius 1 is 0.879 bits per heavy atom. The average Bonchev–Trinajstić information content (AvgIpc) is 3.23. The van der Waals surface area contributed by atoms with Crippen LogP contribution in [0.4, 0.5) is 0 Å². The van der Waals surface area contributed by atoms with Crippen LogP contribution in [0.25, 0.3) is 16.7 Å². The molecular formula is C29H35N3O. The van der Waals surface area contributed by atoms with Gasteiger partial charge in [0.25, 0.3) is 0 Å². The van der Waals surface area contributed by atoms with Gasteiger partial charge in [0.2, 0.25) is 0 Å². The number of rotatable bonds is 7. The summed E-state index contributed by atoms with van der Waals surface area (Å²) < 4.78 is 0. The van der Waals surface area contributed by atoms with Crippen molar-refractivity contribution in [2.45, 2.75) is 65.7 Å². The summed E-state index contributed by atoms with van der Waals surface area (Å²) in [6.07, 6.45) is 1.90. The molecule has 1 unspecified atom stereocenters. The van der Waals surface area contributed by atoms with Crippen molar-refractivity contribution in [1.29, 1.82) is 0 Å². The third kappa shape index (κ3) is 4.27. The Bertz CT molecular complexity index is 1220. The Labute approximate surface area is 197 Å². The first kappa shape index (κ1) is 23.0. The van der Waals surface area contributed by atoms with Gasteiger partial charge in [0.15, 0.2) is 0 Å². The Hall–Kier alpha value is -3.14. The number of aromatic hydroxyl groups is 1. The summed E-state index contributed by atoms with van der Waals surface area (Å²) in [5.74, 6) is 0.393. The molecule has 33 heavy (non-hydrogen) atoms. The monoisotopic (exact) mass is 441 g/mol. The maximum Gasteiger partial charge on any atom is 0.146 e. The van der Waals surface area contributed by atoms with E-state index in [0.717, 1.165) is 29.4 Å². The van der Waals surface area contributed by atoms with E-state index < -0.39 is 0 Å². The normalized spacial score (nSPS) is 13.4. The highest BCUT2D eigenvalue weighted by Gasteiger charge is 2.38. The molecule has 4 rings (SSSR count). The summed E-state index contributed by atoms with van der Waals surface area (Å²) in [5.41, 5.74) is 5.61. The molecule has 1 atom stereocenters. The first-order chi connectivity index (χ1) is 15.6. The zero-order chi connectivity index (χ0) is 23.8. The fraction of sp³-hybridized carbons (Fsp3) is 0.379. The van der Waals surface area contributed by atoms with Crippen LogP contribution in [0.3, 0.4) is 0 Å². The van der Waals surface area contributed by atoms with Gasteiger partial charge in [0.05, 0.1) is 0 Å². The zero-order valence-corrected chi connectivity index (χ0v) is 20.6. The van der Waals surface area contributed by atoms with Crippen molar-refractivity contribution < 1.29 is 5.11 Å². The summed E-state index contributed by atoms with van der Waals surface area (Å²) in [5, 5.41) is 20.8. The van der Waals surface area contributed by atoms with Gasteiger partial charge in [-0.1, -0.05) is 96.5 Å². The van der Waals surface area contributed by atoms with Crippen LogP contribution < -0.4 is 0 Å². The van der Waals surface area contributed by atoms with Crippen molar-refractivity contribution in [2.24, 2.45) is 5.41 Å². The van der Waals surface area contributed by atoms with Gasteiger partial charge < -0.3 is 5.11 Å². The number of nitrogens with zero attached hydrogens (tertiary/aromatic N) is 3. The van der Waals surface area contributed by atoms with Gasteiger partial charge in [-0.05, 0) is 58.1 Å². The van der Waals surface area contributed by atoms with Gasteiger partial charge >= 0.3 is 0 Å². The second-order valence-electron chi connectivity index (χ2n) is 10.4. The van der Waals surface area contributed by atoms with E-state index in [-0.39, 0.29) is 22.5 Å². The third-order valence-electron chi connectivity index (χ3n) is 7.83. The summed E-state index contributed by atoms with van der Waals surface area (Å²) in [6.45, 7) is 13.6. The highest BCUT2D eigenvalue weighted by atomic mass is 16.3. The minimum absolute atomic E-state index is 0.0729. The first-order valence-corrected chi connectivity index (χ1v) is 11.9. The Morgan fingerprint density at radius 3 is 2.03 bits per heavy atom. The molecule has 3 aromatic carbocycles. The van der Waals surface area contributed by atoms with Crippen molar-refractivity contribution in [3.63, 3.8) is 0 Å². The first-order valence-electron chi connectivity index (χ1n) is 11.9. The summed E-state index contributed by atoms with van der Waals surface area (Å²) in [6, 6.07) is 22.5. The van der Waals surface area contributed by atoms with Crippen LogP contribution in [0.1, 0.15) is 70.6 Å². The van der Waals surface area contributed by atoms with E-state index in [4.69, 9.17) is 0 Å². The lowest BCUT2D eigenvalue weighted by Crippen LogP contribution is -2.36. The van der Waals surface area contributed by atoms with Gasteiger partial charge in [-0.25, -0.2) is 0 Å². The second kappa shape index (κ2) is 8.66. The van der Waals surface area contributed by atoms with E-state index in [1.54, 1.807) is 4.80 Å². The van der Waals surface area contributed by atoms with Crippen molar-refractivity contribution in [3.8, 4) is 11.4 Å². The Morgan fingerprint density at radius 2 is 1.45 bits per heavy atom. The number of phenolic OH excluding ortho intramolecular Hbond substituents is 1. The minimum Gasteiger partial charge on any atom is -0.505 e. The summed E-state index contributed by atoms with van der Waals surface area (Å²) in [7, 11) is 0. The molecule has 0 aliphatic rings. The maximum atomic E-state index is 11.5. The molecule has 172 valence electrons. The number of benzene rings is 3. The van der Waals surface area contributed by atoms with Crippen LogP contribution in [0, 0.1) is 5.41 Å². The lowest BCUT2D eigenvalue weighted by molar-refractivity contribution is 0.189. The van der Waals surface area contributed by atoms with E-state index in [1.807, 2.05) is 30.3 Å². The molecular weight excluding hydrogens is 406 g/mol. The molecule has 0 spiro atoms. The summed E-state index contributed by atoms with van der Waals surface area (Å²) in [4.78, 5) is 1.59. The predicted octanol–water partition coefficient (Wildman–Crippen LogP) is 7.19. The van der Waals surface area contributed by atoms with Gasteiger partial charge in [-0.3, -0.25) is 0 Å². The topological polar surface area (TPSA) is 50.9 Å². The van der Waals surface area contributed by atoms with Crippen LogP contribution in [0.15, 0.2) is 66.7 Å². The van der Waals surface area contributed by atoms with Crippen molar-refractivity contribution in [3.05, 3.63) is 83.4 Å². The zero-order valence-electron chi connectivity index (χ0n) is 20.6. The fourth-order valence-corrected chi connectivity index (χ4v) is 4.41. The number of phenols is 1. The SMILES string of the molecule is CCC(C)(C)C(C)(C)c1cc(C(C)Cc2ccccc2)c(O)c(-n2nc3ccccc3n2)c1. The fourth-order valence-electron chi connectivity index (χ4n) is 4.41. The van der Waals surface area contributed by atoms with Crippen molar-refractivity contribution in [2.75, 3.05) is 0 Å². The quantitative estimate of drug-likeness (QED) is 0.330. The van der Waals surface area contributed by atoms with Crippen LogP contribution in [0.2, 0.25) is 0 Å². The molecule has 0 aliphatic heterocycles. The molecule has 4 heteroatoms. The second-order valence-corrected chi connectivity index (χ2v) is 10.4. The van der Waals surface area contributed by atoms with E-state index in [9.17, 15) is 5.11 Å². The van der Waals surface area contributed by atoms with Gasteiger partial charge in [-0.2, -0.15) is 0 Å². The number of fused-ring (bicyclic) bond motifs is 1. The molecule has 0 saturated heterocycles. The predicted molar refractivity (Wildman–Crippen MR) is 136 cm³/mol. The van der Waals surface area contributed by atoms with Crippen LogP contribution >= 0.6 is 0 Å². The minimum atomic E-state index is -0.113. The molecule has 0 amide bonds.